The van der Waals surface area contributed by atoms with Crippen LogP contribution in [-0.4, -0.2) is 0 Å². The smallest absolute Gasteiger partial charge is 0.149 e. The maximum Gasteiger partial charge on any atom is 0.149 e. The Morgan fingerprint density at radius 2 is 1.79 bits per heavy atom. The molecule has 0 radical (unpaired) electrons. The summed E-state index contributed by atoms with van der Waals surface area (Å²) in [4.78, 5) is 0. The van der Waals surface area contributed by atoms with Gasteiger partial charge in [-0.15, -0.1) is 0 Å². The number of halogens is 2. The minimum absolute atomic E-state index is 0.329. The molecule has 0 unspecified atom stereocenters. The molecule has 0 aliphatic heterocycles. The summed E-state index contributed by atoms with van der Waals surface area (Å²) in [5.41, 5.74) is 10.9. The quantitative estimate of drug-likeness (QED) is 0.736. The van der Waals surface area contributed by atoms with Crippen LogP contribution in [0.5, 0.6) is 0 Å². The molecular formula is C10H14F2N2. The summed E-state index contributed by atoms with van der Waals surface area (Å²) in [6.07, 6.45) is 1.57. The Labute approximate surface area is 81.9 Å². The first kappa shape index (κ1) is 10.9. The molecule has 1 aromatic rings. The lowest BCUT2D eigenvalue weighted by Crippen LogP contribution is -2.11. The lowest BCUT2D eigenvalue weighted by molar-refractivity contribution is 0.572. The van der Waals surface area contributed by atoms with Gasteiger partial charge >= 0.3 is 0 Å². The van der Waals surface area contributed by atoms with Crippen molar-refractivity contribution in [2.45, 2.75) is 25.8 Å². The number of rotatable bonds is 3. The summed E-state index contributed by atoms with van der Waals surface area (Å²) >= 11 is 0. The third-order valence-electron chi connectivity index (χ3n) is 2.13. The van der Waals surface area contributed by atoms with Crippen molar-refractivity contribution in [3.05, 3.63) is 29.3 Å². The Bertz CT molecular complexity index is 303. The van der Waals surface area contributed by atoms with Crippen LogP contribution in [0.2, 0.25) is 0 Å². The molecule has 0 aliphatic rings. The van der Waals surface area contributed by atoms with Gasteiger partial charge in [0.1, 0.15) is 17.3 Å². The Hall–Kier alpha value is -1.16. The lowest BCUT2D eigenvalue weighted by atomic mass is 10.0. The number of nitrogens with two attached hydrogens (primary N) is 2. The number of hydrogen-bond acceptors (Lipinski definition) is 2. The Morgan fingerprint density at radius 1 is 1.29 bits per heavy atom. The lowest BCUT2D eigenvalue weighted by Gasteiger charge is -2.11. The number of anilines is 1. The summed E-state index contributed by atoms with van der Waals surface area (Å²) in [6, 6.07) is 2.06. The third-order valence-corrected chi connectivity index (χ3v) is 2.13. The number of benzene rings is 1. The van der Waals surface area contributed by atoms with Gasteiger partial charge in [0, 0.05) is 6.04 Å². The van der Waals surface area contributed by atoms with Crippen LogP contribution >= 0.6 is 0 Å². The third kappa shape index (κ3) is 2.20. The van der Waals surface area contributed by atoms with Gasteiger partial charge in [0.15, 0.2) is 0 Å². The van der Waals surface area contributed by atoms with E-state index in [0.717, 1.165) is 6.42 Å². The van der Waals surface area contributed by atoms with Crippen LogP contribution in [0.25, 0.3) is 0 Å². The Balaban J connectivity index is 3.00. The second kappa shape index (κ2) is 4.37. The Kier molecular flexibility index (Phi) is 3.41. The molecule has 0 saturated heterocycles. The van der Waals surface area contributed by atoms with E-state index in [1.165, 1.54) is 12.1 Å². The molecule has 14 heavy (non-hydrogen) atoms. The van der Waals surface area contributed by atoms with Gasteiger partial charge in [0.2, 0.25) is 0 Å². The molecule has 78 valence electrons. The SMILES string of the molecule is CCC[C@@H](N)c1cc(F)c(N)c(F)c1. The first-order valence-electron chi connectivity index (χ1n) is 4.56. The zero-order chi connectivity index (χ0) is 10.7. The number of nitrogen functional groups attached to an aromatic ring is 1. The molecule has 1 rings (SSSR count). The van der Waals surface area contributed by atoms with Crippen LogP contribution in [-0.2, 0) is 0 Å². The van der Waals surface area contributed by atoms with Crippen molar-refractivity contribution >= 4 is 5.69 Å². The standard InChI is InChI=1S/C10H14F2N2/c1-2-3-9(13)6-4-7(11)10(14)8(12)5-6/h4-5,9H,2-3,13-14H2,1H3/t9-/m1/s1. The molecular weight excluding hydrogens is 186 g/mol. The van der Waals surface area contributed by atoms with E-state index in [0.29, 0.717) is 12.0 Å². The summed E-state index contributed by atoms with van der Waals surface area (Å²) in [6.45, 7) is 1.96. The predicted octanol–water partition coefficient (Wildman–Crippen LogP) is 2.35. The van der Waals surface area contributed by atoms with E-state index in [4.69, 9.17) is 11.5 Å². The highest BCUT2D eigenvalue weighted by Crippen LogP contribution is 2.22. The second-order valence-corrected chi connectivity index (χ2v) is 3.29. The largest absolute Gasteiger partial charge is 0.394 e. The fraction of sp³-hybridized carbons (Fsp3) is 0.400. The molecule has 2 nitrogen and oxygen atoms in total. The molecule has 0 amide bonds. The van der Waals surface area contributed by atoms with Gasteiger partial charge in [-0.1, -0.05) is 13.3 Å². The van der Waals surface area contributed by atoms with Crippen molar-refractivity contribution in [1.82, 2.24) is 0 Å². The summed E-state index contributed by atoms with van der Waals surface area (Å²) in [5, 5.41) is 0. The van der Waals surface area contributed by atoms with Crippen LogP contribution < -0.4 is 11.5 Å². The molecule has 4 heteroatoms. The average molecular weight is 200 g/mol. The highest BCUT2D eigenvalue weighted by molar-refractivity contribution is 5.43. The fourth-order valence-corrected chi connectivity index (χ4v) is 1.30. The zero-order valence-corrected chi connectivity index (χ0v) is 8.06. The summed E-state index contributed by atoms with van der Waals surface area (Å²) < 4.78 is 26.0. The van der Waals surface area contributed by atoms with Crippen molar-refractivity contribution in [2.75, 3.05) is 5.73 Å². The normalized spacial score (nSPS) is 12.9. The first-order valence-corrected chi connectivity index (χ1v) is 4.56. The molecule has 4 N–H and O–H groups in total. The van der Waals surface area contributed by atoms with E-state index in [1.54, 1.807) is 0 Å². The summed E-state index contributed by atoms with van der Waals surface area (Å²) in [7, 11) is 0. The van der Waals surface area contributed by atoms with E-state index >= 15 is 0 Å². The van der Waals surface area contributed by atoms with Crippen molar-refractivity contribution in [1.29, 1.82) is 0 Å². The monoisotopic (exact) mass is 200 g/mol. The van der Waals surface area contributed by atoms with Gasteiger partial charge in [-0.25, -0.2) is 8.78 Å². The molecule has 1 atom stereocenters. The molecule has 0 spiro atoms. The summed E-state index contributed by atoms with van der Waals surface area (Å²) in [5.74, 6) is -1.49. The van der Waals surface area contributed by atoms with Crippen molar-refractivity contribution in [3.63, 3.8) is 0 Å². The molecule has 1 aromatic carbocycles. The maximum absolute atomic E-state index is 13.0. The molecule has 0 aromatic heterocycles. The van der Waals surface area contributed by atoms with E-state index < -0.39 is 17.3 Å². The van der Waals surface area contributed by atoms with Crippen LogP contribution in [0, 0.1) is 11.6 Å². The highest BCUT2D eigenvalue weighted by atomic mass is 19.1. The van der Waals surface area contributed by atoms with E-state index in [-0.39, 0.29) is 6.04 Å². The van der Waals surface area contributed by atoms with Crippen LogP contribution in [0.3, 0.4) is 0 Å². The number of hydrogen-bond donors (Lipinski definition) is 2. The first-order chi connectivity index (χ1) is 6.56. The van der Waals surface area contributed by atoms with Crippen LogP contribution in [0.1, 0.15) is 31.4 Å². The molecule has 0 saturated carbocycles. The predicted molar refractivity (Wildman–Crippen MR) is 52.6 cm³/mol. The van der Waals surface area contributed by atoms with E-state index in [9.17, 15) is 8.78 Å². The molecule has 0 aliphatic carbocycles. The maximum atomic E-state index is 13.0. The van der Waals surface area contributed by atoms with Gasteiger partial charge in [0.25, 0.3) is 0 Å². The molecule has 0 bridgehead atoms. The second-order valence-electron chi connectivity index (χ2n) is 3.29. The van der Waals surface area contributed by atoms with Gasteiger partial charge in [-0.3, -0.25) is 0 Å². The highest BCUT2D eigenvalue weighted by Gasteiger charge is 2.11. The van der Waals surface area contributed by atoms with Crippen molar-refractivity contribution in [2.24, 2.45) is 5.73 Å². The van der Waals surface area contributed by atoms with Crippen molar-refractivity contribution < 1.29 is 8.78 Å². The Morgan fingerprint density at radius 3 is 2.21 bits per heavy atom. The minimum atomic E-state index is -0.744. The topological polar surface area (TPSA) is 52.0 Å². The van der Waals surface area contributed by atoms with E-state index in [2.05, 4.69) is 0 Å². The average Bonchev–Trinajstić information content (AvgIpc) is 2.13. The molecule has 0 fully saturated rings. The minimum Gasteiger partial charge on any atom is -0.394 e. The zero-order valence-electron chi connectivity index (χ0n) is 8.06. The van der Waals surface area contributed by atoms with Gasteiger partial charge in [0.05, 0.1) is 0 Å². The fourth-order valence-electron chi connectivity index (χ4n) is 1.30. The van der Waals surface area contributed by atoms with Gasteiger partial charge in [-0.2, -0.15) is 0 Å². The van der Waals surface area contributed by atoms with Gasteiger partial charge in [-0.05, 0) is 24.1 Å². The van der Waals surface area contributed by atoms with Crippen LogP contribution in [0.4, 0.5) is 14.5 Å². The van der Waals surface area contributed by atoms with Gasteiger partial charge < -0.3 is 11.5 Å². The van der Waals surface area contributed by atoms with Crippen molar-refractivity contribution in [3.8, 4) is 0 Å². The van der Waals surface area contributed by atoms with E-state index in [1.807, 2.05) is 6.92 Å². The van der Waals surface area contributed by atoms with Crippen LogP contribution in [0.15, 0.2) is 12.1 Å². The molecule has 0 heterocycles.